The van der Waals surface area contributed by atoms with E-state index in [0.29, 0.717) is 35.1 Å². The van der Waals surface area contributed by atoms with E-state index in [1.54, 1.807) is 14.2 Å². The van der Waals surface area contributed by atoms with Gasteiger partial charge in [-0.3, -0.25) is 4.79 Å². The average Bonchev–Trinajstić information content (AvgIpc) is 2.73. The average molecular weight is 443 g/mol. The number of amides is 2. The number of piperidine rings is 1. The SMILES string of the molecule is COc1cc(N)c(Cl)cc1C(=O)N[C@H]1CCN(CCCCN(C)C(=O)O)C[C@H]1OC. The number of methoxy groups -OCH3 is 2. The Morgan fingerprint density at radius 2 is 2.10 bits per heavy atom. The molecule has 1 saturated heterocycles. The number of hydrogen-bond acceptors (Lipinski definition) is 6. The van der Waals surface area contributed by atoms with Crippen LogP contribution in [0, 0.1) is 0 Å². The topological polar surface area (TPSA) is 117 Å². The van der Waals surface area contributed by atoms with Gasteiger partial charge in [-0.1, -0.05) is 11.6 Å². The molecule has 4 N–H and O–H groups in total. The third kappa shape index (κ3) is 6.38. The molecule has 1 aliphatic rings. The highest BCUT2D eigenvalue weighted by Crippen LogP contribution is 2.29. The molecular formula is C20H31ClN4O5. The van der Waals surface area contributed by atoms with Gasteiger partial charge in [-0.05, 0) is 31.9 Å². The number of nitrogens with zero attached hydrogens (tertiary/aromatic N) is 2. The molecule has 0 spiro atoms. The minimum absolute atomic E-state index is 0.141. The quantitative estimate of drug-likeness (QED) is 0.396. The smallest absolute Gasteiger partial charge is 0.407 e. The van der Waals surface area contributed by atoms with Gasteiger partial charge in [0.1, 0.15) is 5.75 Å². The zero-order valence-electron chi connectivity index (χ0n) is 17.7. The minimum Gasteiger partial charge on any atom is -0.496 e. The molecule has 0 radical (unpaired) electrons. The molecule has 1 fully saturated rings. The number of anilines is 1. The number of carbonyl (C=O) groups excluding carboxylic acids is 1. The van der Waals surface area contributed by atoms with E-state index in [1.807, 2.05) is 0 Å². The van der Waals surface area contributed by atoms with E-state index in [-0.39, 0.29) is 18.1 Å². The van der Waals surface area contributed by atoms with Crippen LogP contribution < -0.4 is 15.8 Å². The predicted molar refractivity (Wildman–Crippen MR) is 115 cm³/mol. The molecular weight excluding hydrogens is 412 g/mol. The lowest BCUT2D eigenvalue weighted by atomic mass is 10.0. The Morgan fingerprint density at radius 1 is 1.37 bits per heavy atom. The number of rotatable bonds is 9. The molecule has 0 saturated carbocycles. The second kappa shape index (κ2) is 11.2. The van der Waals surface area contributed by atoms with Gasteiger partial charge in [0.15, 0.2) is 0 Å². The number of halogens is 1. The summed E-state index contributed by atoms with van der Waals surface area (Å²) in [5.74, 6) is 0.0816. The molecule has 30 heavy (non-hydrogen) atoms. The minimum atomic E-state index is -0.912. The van der Waals surface area contributed by atoms with Gasteiger partial charge < -0.3 is 35.4 Å². The molecule has 9 nitrogen and oxygen atoms in total. The van der Waals surface area contributed by atoms with Gasteiger partial charge in [-0.2, -0.15) is 0 Å². The Kier molecular flexibility index (Phi) is 9.01. The largest absolute Gasteiger partial charge is 0.496 e. The Balaban J connectivity index is 1.89. The lowest BCUT2D eigenvalue weighted by Gasteiger charge is -2.38. The summed E-state index contributed by atoms with van der Waals surface area (Å²) in [5, 5.41) is 12.2. The molecule has 1 heterocycles. The number of carbonyl (C=O) groups is 2. The number of hydrogen-bond donors (Lipinski definition) is 3. The molecule has 2 atom stereocenters. The maximum absolute atomic E-state index is 12.8. The standard InChI is InChI=1S/C20H31ClN4O5/c1-24(20(27)28)7-4-5-8-25-9-6-16(18(12-25)30-3)23-19(26)13-10-14(21)15(22)11-17(13)29-2/h10-11,16,18H,4-9,12,22H2,1-3H3,(H,23,26)(H,27,28)/t16-,18+/m0/s1. The fourth-order valence-corrected chi connectivity index (χ4v) is 3.69. The summed E-state index contributed by atoms with van der Waals surface area (Å²) < 4.78 is 10.9. The number of nitrogens with two attached hydrogens (primary N) is 1. The van der Waals surface area contributed by atoms with Crippen molar-refractivity contribution in [3.8, 4) is 5.75 Å². The lowest BCUT2D eigenvalue weighted by molar-refractivity contribution is 0.00588. The maximum atomic E-state index is 12.8. The molecule has 1 aromatic rings. The molecule has 168 valence electrons. The van der Waals surface area contributed by atoms with Crippen molar-refractivity contribution >= 4 is 29.3 Å². The number of carboxylic acid groups (broad SMARTS) is 1. The Morgan fingerprint density at radius 3 is 2.73 bits per heavy atom. The van der Waals surface area contributed by atoms with Gasteiger partial charge in [0.25, 0.3) is 5.91 Å². The third-order valence-electron chi connectivity index (χ3n) is 5.37. The highest BCUT2D eigenvalue weighted by atomic mass is 35.5. The molecule has 0 unspecified atom stereocenters. The molecule has 1 aliphatic heterocycles. The molecule has 2 amide bonds. The highest BCUT2D eigenvalue weighted by Gasteiger charge is 2.31. The normalized spacial score (nSPS) is 19.3. The van der Waals surface area contributed by atoms with E-state index < -0.39 is 6.09 Å². The van der Waals surface area contributed by atoms with E-state index in [9.17, 15) is 9.59 Å². The first-order valence-corrected chi connectivity index (χ1v) is 10.3. The molecule has 10 heteroatoms. The molecule has 0 bridgehead atoms. The van der Waals surface area contributed by atoms with Crippen LogP contribution in [0.1, 0.15) is 29.6 Å². The number of ether oxygens (including phenoxy) is 2. The zero-order chi connectivity index (χ0) is 22.3. The van der Waals surface area contributed by atoms with Crippen molar-refractivity contribution in [3.05, 3.63) is 22.7 Å². The van der Waals surface area contributed by atoms with Gasteiger partial charge in [0.05, 0.1) is 35.5 Å². The van der Waals surface area contributed by atoms with Crippen molar-refractivity contribution in [2.24, 2.45) is 0 Å². The van der Waals surface area contributed by atoms with Gasteiger partial charge in [-0.25, -0.2) is 4.79 Å². The molecule has 0 aromatic heterocycles. The summed E-state index contributed by atoms with van der Waals surface area (Å²) in [6.07, 6.45) is 1.37. The molecule has 2 rings (SSSR count). The summed E-state index contributed by atoms with van der Waals surface area (Å²) >= 11 is 6.07. The highest BCUT2D eigenvalue weighted by molar-refractivity contribution is 6.33. The van der Waals surface area contributed by atoms with E-state index >= 15 is 0 Å². The summed E-state index contributed by atoms with van der Waals surface area (Å²) in [4.78, 5) is 27.2. The second-order valence-electron chi connectivity index (χ2n) is 7.43. The Hall–Kier alpha value is -2.23. The first kappa shape index (κ1) is 24.0. The van der Waals surface area contributed by atoms with Crippen LogP contribution in [0.25, 0.3) is 0 Å². The second-order valence-corrected chi connectivity index (χ2v) is 7.84. The van der Waals surface area contributed by atoms with Crippen molar-refractivity contribution < 1.29 is 24.2 Å². The van der Waals surface area contributed by atoms with Crippen molar-refractivity contribution in [3.63, 3.8) is 0 Å². The van der Waals surface area contributed by atoms with Crippen LogP contribution in [0.2, 0.25) is 5.02 Å². The van der Waals surface area contributed by atoms with Crippen molar-refractivity contribution in [2.75, 3.05) is 53.2 Å². The number of unbranched alkanes of at least 4 members (excludes halogenated alkanes) is 1. The third-order valence-corrected chi connectivity index (χ3v) is 5.70. The fraction of sp³-hybridized carbons (Fsp3) is 0.600. The van der Waals surface area contributed by atoms with Crippen molar-refractivity contribution in [1.82, 2.24) is 15.1 Å². The van der Waals surface area contributed by atoms with Crippen LogP contribution in [0.3, 0.4) is 0 Å². The maximum Gasteiger partial charge on any atom is 0.407 e. The van der Waals surface area contributed by atoms with Gasteiger partial charge in [0, 0.05) is 39.9 Å². The summed E-state index contributed by atoms with van der Waals surface area (Å²) in [6, 6.07) is 2.91. The summed E-state index contributed by atoms with van der Waals surface area (Å²) in [5.41, 5.74) is 6.47. The van der Waals surface area contributed by atoms with Crippen LogP contribution >= 0.6 is 11.6 Å². The summed E-state index contributed by atoms with van der Waals surface area (Å²) in [6.45, 7) is 2.88. The van der Waals surface area contributed by atoms with Crippen LogP contribution in [0.4, 0.5) is 10.5 Å². The van der Waals surface area contributed by atoms with Crippen LogP contribution in [-0.2, 0) is 4.74 Å². The van der Waals surface area contributed by atoms with Crippen LogP contribution in [0.15, 0.2) is 12.1 Å². The lowest BCUT2D eigenvalue weighted by Crippen LogP contribution is -2.55. The van der Waals surface area contributed by atoms with Crippen LogP contribution in [0.5, 0.6) is 5.75 Å². The first-order valence-electron chi connectivity index (χ1n) is 9.89. The number of benzene rings is 1. The van der Waals surface area contributed by atoms with Gasteiger partial charge in [-0.15, -0.1) is 0 Å². The Bertz CT molecular complexity index is 748. The number of nitrogens with one attached hydrogen (secondary N) is 1. The number of nitrogen functional groups attached to an aromatic ring is 1. The van der Waals surface area contributed by atoms with Gasteiger partial charge >= 0.3 is 6.09 Å². The van der Waals surface area contributed by atoms with E-state index in [4.69, 9.17) is 31.9 Å². The molecule has 1 aromatic carbocycles. The molecule has 0 aliphatic carbocycles. The van der Waals surface area contributed by atoms with E-state index in [1.165, 1.54) is 24.1 Å². The number of likely N-dealkylation sites (tertiary alicyclic amines) is 1. The zero-order valence-corrected chi connectivity index (χ0v) is 18.4. The van der Waals surface area contributed by atoms with Crippen LogP contribution in [-0.4, -0.2) is 86.5 Å². The Labute approximate surface area is 182 Å². The summed E-state index contributed by atoms with van der Waals surface area (Å²) in [7, 11) is 4.68. The van der Waals surface area contributed by atoms with Crippen molar-refractivity contribution in [2.45, 2.75) is 31.4 Å². The fourth-order valence-electron chi connectivity index (χ4n) is 3.53. The predicted octanol–water partition coefficient (Wildman–Crippen LogP) is 2.14. The van der Waals surface area contributed by atoms with E-state index in [2.05, 4.69) is 10.2 Å². The monoisotopic (exact) mass is 442 g/mol. The van der Waals surface area contributed by atoms with Gasteiger partial charge in [0.2, 0.25) is 0 Å². The van der Waals surface area contributed by atoms with Crippen molar-refractivity contribution in [1.29, 1.82) is 0 Å². The van der Waals surface area contributed by atoms with E-state index in [0.717, 1.165) is 32.4 Å². The first-order chi connectivity index (χ1) is 14.3.